The zero-order valence-corrected chi connectivity index (χ0v) is 20.3. The van der Waals surface area contributed by atoms with Crippen LogP contribution in [-0.2, 0) is 14.3 Å². The van der Waals surface area contributed by atoms with Crippen molar-refractivity contribution in [3.63, 3.8) is 0 Å². The van der Waals surface area contributed by atoms with Crippen LogP contribution in [-0.4, -0.2) is 58.6 Å². The zero-order valence-electron chi connectivity index (χ0n) is 20.3. The summed E-state index contributed by atoms with van der Waals surface area (Å²) in [6, 6.07) is -0.220. The van der Waals surface area contributed by atoms with Crippen LogP contribution in [0.25, 0.3) is 0 Å². The van der Waals surface area contributed by atoms with Gasteiger partial charge in [0.05, 0.1) is 12.1 Å². The molecule has 1 heterocycles. The van der Waals surface area contributed by atoms with Crippen molar-refractivity contribution in [3.05, 3.63) is 0 Å². The van der Waals surface area contributed by atoms with E-state index >= 15 is 0 Å². The molecule has 30 heavy (non-hydrogen) atoms. The Morgan fingerprint density at radius 3 is 2.40 bits per heavy atom. The minimum absolute atomic E-state index is 0.0164. The van der Waals surface area contributed by atoms with Crippen LogP contribution < -0.4 is 5.32 Å². The van der Waals surface area contributed by atoms with E-state index in [4.69, 9.17) is 9.47 Å². The summed E-state index contributed by atoms with van der Waals surface area (Å²) in [5.41, 5.74) is -1.45. The van der Waals surface area contributed by atoms with Crippen molar-refractivity contribution in [2.45, 2.75) is 111 Å². The van der Waals surface area contributed by atoms with Gasteiger partial charge >= 0.3 is 6.09 Å². The normalized spacial score (nSPS) is 23.2. The second-order valence-corrected chi connectivity index (χ2v) is 10.2. The lowest BCUT2D eigenvalue weighted by Gasteiger charge is -2.36. The number of nitrogens with zero attached hydrogens (tertiary/aromatic N) is 1. The highest BCUT2D eigenvalue weighted by Gasteiger charge is 2.51. The van der Waals surface area contributed by atoms with Crippen molar-refractivity contribution in [3.8, 4) is 0 Å². The van der Waals surface area contributed by atoms with Crippen LogP contribution in [0.1, 0.15) is 87.5 Å². The first kappa shape index (κ1) is 26.7. The highest BCUT2D eigenvalue weighted by atomic mass is 16.6. The first-order valence-corrected chi connectivity index (χ1v) is 11.4. The smallest absolute Gasteiger partial charge is 0.412 e. The number of amides is 2. The monoisotopic (exact) mass is 428 g/mol. The number of nitrogens with one attached hydrogen (secondary N) is 1. The summed E-state index contributed by atoms with van der Waals surface area (Å²) in [4.78, 5) is 27.3. The molecule has 1 aliphatic rings. The van der Waals surface area contributed by atoms with Crippen LogP contribution >= 0.6 is 0 Å². The first-order chi connectivity index (χ1) is 13.8. The number of ether oxygens (including phenoxy) is 2. The Kier molecular flexibility index (Phi) is 10.1. The molecule has 2 N–H and O–H groups in total. The molecular formula is C23H44N2O5. The van der Waals surface area contributed by atoms with E-state index in [1.54, 1.807) is 4.90 Å². The lowest BCUT2D eigenvalue weighted by atomic mass is 9.90. The lowest BCUT2D eigenvalue weighted by molar-refractivity contribution is -0.126. The van der Waals surface area contributed by atoms with Crippen molar-refractivity contribution in [1.29, 1.82) is 0 Å². The van der Waals surface area contributed by atoms with Gasteiger partial charge in [-0.15, -0.1) is 0 Å². The number of hydrogen-bond acceptors (Lipinski definition) is 5. The van der Waals surface area contributed by atoms with Crippen molar-refractivity contribution < 1.29 is 24.2 Å². The first-order valence-electron chi connectivity index (χ1n) is 11.4. The molecular weight excluding hydrogens is 384 g/mol. The van der Waals surface area contributed by atoms with Gasteiger partial charge in [0.2, 0.25) is 5.91 Å². The molecule has 0 aromatic heterocycles. The minimum Gasteiger partial charge on any atom is -0.444 e. The molecule has 0 bridgehead atoms. The Bertz CT molecular complexity index is 558. The van der Waals surface area contributed by atoms with Gasteiger partial charge in [0.25, 0.3) is 0 Å². The number of hydrogen-bond donors (Lipinski definition) is 2. The Balaban J connectivity index is 3.02. The van der Waals surface area contributed by atoms with Crippen molar-refractivity contribution in [2.75, 3.05) is 13.2 Å². The molecule has 4 atom stereocenters. The number of rotatable bonds is 10. The molecule has 2 amide bonds. The average Bonchev–Trinajstić information content (AvgIpc) is 2.83. The number of unbranched alkanes of at least 4 members (excludes halogenated alkanes) is 1. The molecule has 1 saturated heterocycles. The summed E-state index contributed by atoms with van der Waals surface area (Å²) in [7, 11) is 0. The Morgan fingerprint density at radius 2 is 1.87 bits per heavy atom. The van der Waals surface area contributed by atoms with Gasteiger partial charge in [-0.2, -0.15) is 0 Å². The quantitative estimate of drug-likeness (QED) is 0.512. The van der Waals surface area contributed by atoms with Crippen LogP contribution in [0.2, 0.25) is 0 Å². The summed E-state index contributed by atoms with van der Waals surface area (Å²) >= 11 is 0. The fourth-order valence-corrected chi connectivity index (χ4v) is 3.97. The number of aliphatic hydroxyl groups is 1. The van der Waals surface area contributed by atoms with E-state index < -0.39 is 17.4 Å². The highest BCUT2D eigenvalue weighted by Crippen LogP contribution is 2.39. The molecule has 0 aromatic carbocycles. The zero-order chi connectivity index (χ0) is 23.1. The third-order valence-electron chi connectivity index (χ3n) is 5.50. The Labute approximate surface area is 182 Å². The Hall–Kier alpha value is -1.34. The highest BCUT2D eigenvalue weighted by molar-refractivity contribution is 5.78. The van der Waals surface area contributed by atoms with Gasteiger partial charge in [-0.25, -0.2) is 4.79 Å². The molecule has 7 nitrogen and oxygen atoms in total. The third-order valence-corrected chi connectivity index (χ3v) is 5.50. The van der Waals surface area contributed by atoms with E-state index in [2.05, 4.69) is 19.2 Å². The fraction of sp³-hybridized carbons (Fsp3) is 0.913. The van der Waals surface area contributed by atoms with Crippen LogP contribution in [0.15, 0.2) is 0 Å². The SMILES string of the molecule is CCCCNC(=O)[C@H](C)C[C@@H]1OC(C)(C)N(C(=O)OC(C)(C)C)[C@H]1C[C@@H](C)CCO. The van der Waals surface area contributed by atoms with Gasteiger partial charge < -0.3 is 19.9 Å². The maximum Gasteiger partial charge on any atom is 0.412 e. The van der Waals surface area contributed by atoms with E-state index in [1.165, 1.54) is 0 Å². The maximum atomic E-state index is 13.1. The van der Waals surface area contributed by atoms with Crippen molar-refractivity contribution in [2.24, 2.45) is 11.8 Å². The summed E-state index contributed by atoms with van der Waals surface area (Å²) < 4.78 is 12.0. The molecule has 0 radical (unpaired) electrons. The second-order valence-electron chi connectivity index (χ2n) is 10.2. The maximum absolute atomic E-state index is 13.1. The summed E-state index contributed by atoms with van der Waals surface area (Å²) in [6.45, 7) is 16.1. The molecule has 1 aliphatic heterocycles. The van der Waals surface area contributed by atoms with E-state index in [-0.39, 0.29) is 36.5 Å². The molecule has 0 spiro atoms. The van der Waals surface area contributed by atoms with Crippen LogP contribution in [0, 0.1) is 11.8 Å². The van der Waals surface area contributed by atoms with E-state index in [0.29, 0.717) is 25.8 Å². The number of carbonyl (C=O) groups is 2. The lowest BCUT2D eigenvalue weighted by Crippen LogP contribution is -2.50. The van der Waals surface area contributed by atoms with Crippen molar-refractivity contribution in [1.82, 2.24) is 10.2 Å². The predicted octanol–water partition coefficient (Wildman–Crippen LogP) is 4.08. The number of aliphatic hydroxyl groups excluding tert-OH is 1. The third kappa shape index (κ3) is 8.06. The molecule has 1 rings (SSSR count). The second kappa shape index (κ2) is 11.3. The van der Waals surface area contributed by atoms with Gasteiger partial charge in [-0.1, -0.05) is 27.2 Å². The summed E-state index contributed by atoms with van der Waals surface area (Å²) in [5.74, 6) is -0.00162. The summed E-state index contributed by atoms with van der Waals surface area (Å²) in [5, 5.41) is 12.3. The van der Waals surface area contributed by atoms with E-state index in [9.17, 15) is 14.7 Å². The summed E-state index contributed by atoms with van der Waals surface area (Å²) in [6.07, 6.45) is 3.16. The largest absolute Gasteiger partial charge is 0.444 e. The van der Waals surface area contributed by atoms with Gasteiger partial charge in [0.1, 0.15) is 11.3 Å². The average molecular weight is 429 g/mol. The van der Waals surface area contributed by atoms with Crippen LogP contribution in [0.5, 0.6) is 0 Å². The molecule has 1 fully saturated rings. The molecule has 7 heteroatoms. The van der Waals surface area contributed by atoms with Crippen molar-refractivity contribution >= 4 is 12.0 Å². The van der Waals surface area contributed by atoms with Gasteiger partial charge in [0.15, 0.2) is 0 Å². The van der Waals surface area contributed by atoms with Crippen LogP contribution in [0.3, 0.4) is 0 Å². The topological polar surface area (TPSA) is 88.1 Å². The molecule has 0 aromatic rings. The number of carbonyl (C=O) groups excluding carboxylic acids is 2. The van der Waals surface area contributed by atoms with Gasteiger partial charge in [-0.3, -0.25) is 9.69 Å². The molecule has 176 valence electrons. The van der Waals surface area contributed by atoms with E-state index in [0.717, 1.165) is 12.8 Å². The minimum atomic E-state index is -0.838. The van der Waals surface area contributed by atoms with Crippen LogP contribution in [0.4, 0.5) is 4.79 Å². The standard InChI is InChI=1S/C23H44N2O5/c1-9-10-12-24-20(27)17(3)15-19-18(14-16(2)11-13-26)25(23(7,8)29-19)21(28)30-22(4,5)6/h16-19,26H,9-15H2,1-8H3,(H,24,27)/t16-,17+,18-,19-/m0/s1. The fourth-order valence-electron chi connectivity index (χ4n) is 3.97. The molecule has 0 saturated carbocycles. The predicted molar refractivity (Wildman–Crippen MR) is 118 cm³/mol. The molecule has 0 aliphatic carbocycles. The van der Waals surface area contributed by atoms with Gasteiger partial charge in [-0.05, 0) is 66.2 Å². The van der Waals surface area contributed by atoms with Gasteiger partial charge in [0, 0.05) is 19.1 Å². The molecule has 0 unspecified atom stereocenters. The van der Waals surface area contributed by atoms with E-state index in [1.807, 2.05) is 41.5 Å². The Morgan fingerprint density at radius 1 is 1.23 bits per heavy atom.